The van der Waals surface area contributed by atoms with Crippen LogP contribution >= 0.6 is 0 Å². The number of ether oxygens (including phenoxy) is 1. The minimum Gasteiger partial charge on any atom is -0.373 e. The molecule has 0 saturated carbocycles. The Bertz CT molecular complexity index is 718. The van der Waals surface area contributed by atoms with Crippen LogP contribution < -0.4 is 5.32 Å². The molecule has 1 amide bonds. The molecule has 0 bridgehead atoms. The van der Waals surface area contributed by atoms with Gasteiger partial charge in [0.1, 0.15) is 5.69 Å². The number of hydrogen-bond acceptors (Lipinski definition) is 4. The second-order valence-corrected chi connectivity index (χ2v) is 6.83. The molecular formula is C19H26N4O2. The van der Waals surface area contributed by atoms with Gasteiger partial charge in [0.05, 0.1) is 18.5 Å². The number of nitrogens with zero attached hydrogens (tertiary/aromatic N) is 3. The zero-order valence-corrected chi connectivity index (χ0v) is 15.1. The summed E-state index contributed by atoms with van der Waals surface area (Å²) in [6.07, 6.45) is 3.85. The van der Waals surface area contributed by atoms with Gasteiger partial charge in [0.15, 0.2) is 0 Å². The second kappa shape index (κ2) is 7.80. The largest absolute Gasteiger partial charge is 0.373 e. The summed E-state index contributed by atoms with van der Waals surface area (Å²) < 4.78 is 7.57. The second-order valence-electron chi connectivity index (χ2n) is 6.83. The van der Waals surface area contributed by atoms with E-state index in [1.54, 1.807) is 17.1 Å². The van der Waals surface area contributed by atoms with E-state index in [2.05, 4.69) is 41.2 Å². The number of carbonyl (C=O) groups excluding carboxylic acids is 1. The molecule has 25 heavy (non-hydrogen) atoms. The number of aryl methyl sites for hydroxylation is 1. The van der Waals surface area contributed by atoms with Gasteiger partial charge in [0.2, 0.25) is 0 Å². The van der Waals surface area contributed by atoms with Gasteiger partial charge in [-0.1, -0.05) is 24.3 Å². The lowest BCUT2D eigenvalue weighted by Crippen LogP contribution is -2.45. The number of morpholine rings is 1. The van der Waals surface area contributed by atoms with Crippen LogP contribution in [0.2, 0.25) is 0 Å². The quantitative estimate of drug-likeness (QED) is 0.902. The van der Waals surface area contributed by atoms with Crippen molar-refractivity contribution in [1.82, 2.24) is 19.8 Å². The third-order valence-electron chi connectivity index (χ3n) is 4.38. The molecule has 0 unspecified atom stereocenters. The highest BCUT2D eigenvalue weighted by Crippen LogP contribution is 2.17. The minimum absolute atomic E-state index is 0.149. The van der Waals surface area contributed by atoms with Crippen molar-refractivity contribution in [3.05, 3.63) is 53.6 Å². The van der Waals surface area contributed by atoms with Crippen LogP contribution in [0.25, 0.3) is 0 Å². The van der Waals surface area contributed by atoms with Crippen molar-refractivity contribution in [2.45, 2.75) is 39.1 Å². The number of imidazole rings is 1. The Balaban J connectivity index is 1.63. The molecule has 6 heteroatoms. The lowest BCUT2D eigenvalue weighted by atomic mass is 10.1. The van der Waals surface area contributed by atoms with E-state index in [1.165, 1.54) is 5.56 Å². The van der Waals surface area contributed by atoms with Gasteiger partial charge in [-0.2, -0.15) is 0 Å². The van der Waals surface area contributed by atoms with Crippen LogP contribution in [0.1, 0.15) is 35.5 Å². The fourth-order valence-electron chi connectivity index (χ4n) is 3.33. The van der Waals surface area contributed by atoms with Gasteiger partial charge >= 0.3 is 0 Å². The molecular weight excluding hydrogens is 316 g/mol. The van der Waals surface area contributed by atoms with Crippen molar-refractivity contribution < 1.29 is 9.53 Å². The number of rotatable bonds is 5. The summed E-state index contributed by atoms with van der Waals surface area (Å²) in [5.74, 6) is -0.149. The van der Waals surface area contributed by atoms with Gasteiger partial charge in [-0.15, -0.1) is 0 Å². The summed E-state index contributed by atoms with van der Waals surface area (Å²) in [6.45, 7) is 7.45. The first kappa shape index (κ1) is 17.6. The van der Waals surface area contributed by atoms with E-state index in [0.29, 0.717) is 12.2 Å². The Morgan fingerprint density at radius 1 is 1.24 bits per heavy atom. The molecule has 0 radical (unpaired) electrons. The topological polar surface area (TPSA) is 59.4 Å². The molecule has 3 rings (SSSR count). The Morgan fingerprint density at radius 2 is 1.92 bits per heavy atom. The maximum absolute atomic E-state index is 12.2. The summed E-state index contributed by atoms with van der Waals surface area (Å²) in [5, 5.41) is 2.97. The molecule has 0 aliphatic carbocycles. The van der Waals surface area contributed by atoms with Gasteiger partial charge in [-0.05, 0) is 25.0 Å². The highest BCUT2D eigenvalue weighted by atomic mass is 16.5. The highest BCUT2D eigenvalue weighted by Gasteiger charge is 2.22. The monoisotopic (exact) mass is 342 g/mol. The van der Waals surface area contributed by atoms with E-state index in [4.69, 9.17) is 4.74 Å². The SMILES string of the molecule is C[C@@H]1CN(Cc2ccccc2CNC(=O)c2cn(C)cn2)C[C@@H](C)O1. The zero-order chi connectivity index (χ0) is 17.8. The van der Waals surface area contributed by atoms with E-state index in [9.17, 15) is 4.79 Å². The molecule has 1 aromatic heterocycles. The fourth-order valence-corrected chi connectivity index (χ4v) is 3.33. The standard InChI is InChI=1S/C19H26N4O2/c1-14-9-23(10-15(2)25-14)11-17-7-5-4-6-16(17)8-20-19(24)18-12-22(3)13-21-18/h4-7,12-15H,8-11H2,1-3H3,(H,20,24)/t14-,15-/m1/s1. The number of hydrogen-bond donors (Lipinski definition) is 1. The van der Waals surface area contributed by atoms with E-state index in [1.807, 2.05) is 19.2 Å². The Labute approximate surface area is 148 Å². The van der Waals surface area contributed by atoms with Crippen LogP contribution in [0.5, 0.6) is 0 Å². The first-order valence-corrected chi connectivity index (χ1v) is 8.72. The number of carbonyl (C=O) groups is 1. The minimum atomic E-state index is -0.149. The summed E-state index contributed by atoms with van der Waals surface area (Å²) in [7, 11) is 1.85. The van der Waals surface area contributed by atoms with E-state index in [-0.39, 0.29) is 18.1 Å². The van der Waals surface area contributed by atoms with Crippen LogP contribution in [0, 0.1) is 0 Å². The number of nitrogens with one attached hydrogen (secondary N) is 1. The average Bonchev–Trinajstić information content (AvgIpc) is 2.99. The van der Waals surface area contributed by atoms with Gasteiger partial charge in [0, 0.05) is 39.4 Å². The summed E-state index contributed by atoms with van der Waals surface area (Å²) >= 11 is 0. The summed E-state index contributed by atoms with van der Waals surface area (Å²) in [6, 6.07) is 8.26. The highest BCUT2D eigenvalue weighted by molar-refractivity contribution is 5.91. The Hall–Kier alpha value is -2.18. The summed E-state index contributed by atoms with van der Waals surface area (Å²) in [4.78, 5) is 18.7. The average molecular weight is 342 g/mol. The van der Waals surface area contributed by atoms with Crippen LogP contribution in [-0.4, -0.2) is 45.7 Å². The Morgan fingerprint density at radius 3 is 2.56 bits per heavy atom. The van der Waals surface area contributed by atoms with Gasteiger partial charge in [-0.3, -0.25) is 9.69 Å². The van der Waals surface area contributed by atoms with Crippen molar-refractivity contribution in [3.63, 3.8) is 0 Å². The van der Waals surface area contributed by atoms with Gasteiger partial charge in [0.25, 0.3) is 5.91 Å². The molecule has 1 aromatic carbocycles. The van der Waals surface area contributed by atoms with Crippen molar-refractivity contribution >= 4 is 5.91 Å². The van der Waals surface area contributed by atoms with Crippen molar-refractivity contribution in [1.29, 1.82) is 0 Å². The van der Waals surface area contributed by atoms with E-state index in [0.717, 1.165) is 25.2 Å². The normalized spacial score (nSPS) is 21.2. The molecule has 1 N–H and O–H groups in total. The van der Waals surface area contributed by atoms with Crippen LogP contribution in [0.15, 0.2) is 36.8 Å². The van der Waals surface area contributed by atoms with Crippen molar-refractivity contribution in [2.24, 2.45) is 7.05 Å². The first-order chi connectivity index (χ1) is 12.0. The molecule has 1 aliphatic rings. The third-order valence-corrected chi connectivity index (χ3v) is 4.38. The fraction of sp³-hybridized carbons (Fsp3) is 0.474. The van der Waals surface area contributed by atoms with Crippen LogP contribution in [0.4, 0.5) is 0 Å². The molecule has 2 atom stereocenters. The van der Waals surface area contributed by atoms with E-state index >= 15 is 0 Å². The lowest BCUT2D eigenvalue weighted by molar-refractivity contribution is -0.0705. The molecule has 1 fully saturated rings. The maximum atomic E-state index is 12.2. The zero-order valence-electron chi connectivity index (χ0n) is 15.1. The predicted molar refractivity (Wildman–Crippen MR) is 96.1 cm³/mol. The number of benzene rings is 1. The summed E-state index contributed by atoms with van der Waals surface area (Å²) in [5.41, 5.74) is 2.82. The lowest BCUT2D eigenvalue weighted by Gasteiger charge is -2.35. The maximum Gasteiger partial charge on any atom is 0.271 e. The van der Waals surface area contributed by atoms with E-state index < -0.39 is 0 Å². The molecule has 1 aliphatic heterocycles. The first-order valence-electron chi connectivity index (χ1n) is 8.72. The molecule has 2 aromatic rings. The van der Waals surface area contributed by atoms with Crippen LogP contribution in [0.3, 0.4) is 0 Å². The van der Waals surface area contributed by atoms with Gasteiger partial charge < -0.3 is 14.6 Å². The third kappa shape index (κ3) is 4.67. The van der Waals surface area contributed by atoms with Crippen molar-refractivity contribution in [3.8, 4) is 0 Å². The number of amides is 1. The van der Waals surface area contributed by atoms with Gasteiger partial charge in [-0.25, -0.2) is 4.98 Å². The van der Waals surface area contributed by atoms with Crippen LogP contribution in [-0.2, 0) is 24.9 Å². The molecule has 0 spiro atoms. The predicted octanol–water partition coefficient (Wildman–Crippen LogP) is 1.96. The Kier molecular flexibility index (Phi) is 5.50. The molecule has 1 saturated heterocycles. The van der Waals surface area contributed by atoms with Crippen molar-refractivity contribution in [2.75, 3.05) is 13.1 Å². The molecule has 2 heterocycles. The molecule has 134 valence electrons. The number of aromatic nitrogens is 2. The molecule has 6 nitrogen and oxygen atoms in total. The smallest absolute Gasteiger partial charge is 0.271 e.